The number of carboxylic acid groups (broad SMARTS) is 1. The third-order valence-electron chi connectivity index (χ3n) is 13.9. The van der Waals surface area contributed by atoms with Crippen LogP contribution in [0.5, 0.6) is 0 Å². The molecule has 5 aliphatic carbocycles. The standard InChI is InChI=1S/C46H42FN7O2/c1-2-45-23-22-32(33-25-35(33)45)38(44(55)56)40(45)49-41-37-21-20-36(27-18-19-27)53(37)52-42(50-41)39-34-24-31(47)26-48-43(34)54(51-39)46(28-12-6-3-7-13-28,29-14-8-4-9-15-29)30-16-10-5-11-17-30/h3-17,20-21,24,26-27,32-33,35,38,40H,2,18-19,22-23,25H2,1H3,(H,55,56)(H,49,50,52)/t32-,33?,35?,38-,40-,45+/m0/s1. The fourth-order valence-electron chi connectivity index (χ4n) is 11.2. The third kappa shape index (κ3) is 4.74. The Morgan fingerprint density at radius 2 is 1.55 bits per heavy atom. The minimum Gasteiger partial charge on any atom is -0.481 e. The van der Waals surface area contributed by atoms with Gasteiger partial charge in [0.05, 0.1) is 17.5 Å². The number of anilines is 1. The lowest BCUT2D eigenvalue weighted by Gasteiger charge is -2.55. The molecule has 2 unspecified atom stereocenters. The number of carboxylic acids is 1. The van der Waals surface area contributed by atoms with Gasteiger partial charge in [-0.1, -0.05) is 97.9 Å². The van der Waals surface area contributed by atoms with Crippen LogP contribution in [0.2, 0.25) is 0 Å². The van der Waals surface area contributed by atoms with Crippen LogP contribution >= 0.6 is 0 Å². The van der Waals surface area contributed by atoms with E-state index in [-0.39, 0.29) is 17.4 Å². The largest absolute Gasteiger partial charge is 0.481 e. The van der Waals surface area contributed by atoms with Crippen LogP contribution in [0.3, 0.4) is 0 Å². The van der Waals surface area contributed by atoms with E-state index in [0.29, 0.717) is 46.1 Å². The normalized spacial score (nSPS) is 25.4. The van der Waals surface area contributed by atoms with Gasteiger partial charge >= 0.3 is 5.97 Å². The van der Waals surface area contributed by atoms with Gasteiger partial charge in [0, 0.05) is 17.7 Å². The predicted octanol–water partition coefficient (Wildman–Crippen LogP) is 8.94. The number of pyridine rings is 1. The maximum atomic E-state index is 15.5. The lowest BCUT2D eigenvalue weighted by molar-refractivity contribution is -0.152. The van der Waals surface area contributed by atoms with Gasteiger partial charge in [-0.3, -0.25) is 4.79 Å². The predicted molar refractivity (Wildman–Crippen MR) is 212 cm³/mol. The lowest BCUT2D eigenvalue weighted by atomic mass is 9.52. The molecule has 4 aromatic heterocycles. The summed E-state index contributed by atoms with van der Waals surface area (Å²) in [6, 6.07) is 36.0. The number of nitrogens with one attached hydrogen (secondary N) is 1. The number of nitrogens with zero attached hydrogens (tertiary/aromatic N) is 6. The minimum absolute atomic E-state index is 0.127. The number of fused-ring (bicyclic) bond motifs is 4. The molecule has 0 radical (unpaired) electrons. The Kier molecular flexibility index (Phi) is 7.34. The van der Waals surface area contributed by atoms with Crippen LogP contribution in [0, 0.1) is 34.9 Å². The van der Waals surface area contributed by atoms with Gasteiger partial charge in [-0.25, -0.2) is 23.6 Å². The highest BCUT2D eigenvalue weighted by Gasteiger charge is 2.69. The average Bonchev–Trinajstić information content (AvgIpc) is 4.17. The monoisotopic (exact) mass is 743 g/mol. The highest BCUT2D eigenvalue weighted by molar-refractivity contribution is 5.90. The second kappa shape index (κ2) is 12.3. The molecule has 6 atom stereocenters. The quantitative estimate of drug-likeness (QED) is 0.135. The highest BCUT2D eigenvalue weighted by Crippen LogP contribution is 2.71. The highest BCUT2D eigenvalue weighted by atomic mass is 19.1. The number of benzene rings is 3. The summed E-state index contributed by atoms with van der Waals surface area (Å²) < 4.78 is 19.4. The van der Waals surface area contributed by atoms with Crippen molar-refractivity contribution in [2.24, 2.45) is 29.1 Å². The van der Waals surface area contributed by atoms with Gasteiger partial charge in [-0.15, -0.1) is 5.10 Å². The molecule has 2 N–H and O–H groups in total. The maximum Gasteiger partial charge on any atom is 0.308 e. The average molecular weight is 744 g/mol. The SMILES string of the molecule is CC[C@@]12CC[C@@H](C3CC31)[C@H](C(=O)O)[C@@H]2Nc1nc(-c2nn(C(c3ccccc3)(c3ccccc3)c3ccccc3)c3ncc(F)cc23)nn2c(C3CC3)ccc12. The number of aliphatic carboxylic acids is 1. The van der Waals surface area contributed by atoms with Gasteiger partial charge in [-0.2, -0.15) is 5.10 Å². The molecule has 5 aliphatic rings. The third-order valence-corrected chi connectivity index (χ3v) is 13.9. The van der Waals surface area contributed by atoms with E-state index in [1.807, 2.05) is 63.8 Å². The molecule has 10 heteroatoms. The van der Waals surface area contributed by atoms with Crippen molar-refractivity contribution in [1.29, 1.82) is 0 Å². The summed E-state index contributed by atoms with van der Waals surface area (Å²) in [4.78, 5) is 23.1. The molecule has 5 saturated carbocycles. The van der Waals surface area contributed by atoms with Gasteiger partial charge in [0.15, 0.2) is 11.5 Å². The minimum atomic E-state index is -1.02. The van der Waals surface area contributed by atoms with Crippen molar-refractivity contribution in [3.8, 4) is 11.5 Å². The number of hydrogen-bond donors (Lipinski definition) is 2. The number of rotatable bonds is 10. The molecular formula is C46H42FN7O2. The molecule has 4 heterocycles. The summed E-state index contributed by atoms with van der Waals surface area (Å²) in [5, 5.41) is 25.7. The van der Waals surface area contributed by atoms with Crippen molar-refractivity contribution in [2.45, 2.75) is 62.9 Å². The molecule has 12 rings (SSSR count). The molecule has 280 valence electrons. The fraction of sp³-hybridized carbons (Fsp3) is 0.326. The second-order valence-electron chi connectivity index (χ2n) is 16.5. The number of carbonyl (C=O) groups is 1. The summed E-state index contributed by atoms with van der Waals surface area (Å²) >= 11 is 0. The van der Waals surface area contributed by atoms with Gasteiger partial charge in [0.25, 0.3) is 0 Å². The zero-order chi connectivity index (χ0) is 37.8. The molecule has 7 aromatic rings. The summed E-state index contributed by atoms with van der Waals surface area (Å²) in [6.07, 6.45) is 7.37. The van der Waals surface area contributed by atoms with E-state index in [0.717, 1.165) is 66.4 Å². The van der Waals surface area contributed by atoms with Crippen molar-refractivity contribution in [3.63, 3.8) is 0 Å². The molecule has 0 aliphatic heterocycles. The Labute approximate surface area is 323 Å². The molecule has 0 amide bonds. The van der Waals surface area contributed by atoms with Crippen LogP contribution < -0.4 is 5.32 Å². The first-order chi connectivity index (χ1) is 27.4. The van der Waals surface area contributed by atoms with Crippen LogP contribution in [0.4, 0.5) is 10.2 Å². The second-order valence-corrected chi connectivity index (χ2v) is 16.5. The molecule has 9 nitrogen and oxygen atoms in total. The molecule has 3 aromatic carbocycles. The summed E-state index contributed by atoms with van der Waals surface area (Å²) in [6.45, 7) is 2.22. The molecular weight excluding hydrogens is 702 g/mol. The molecule has 5 fully saturated rings. The molecule has 0 spiro atoms. The zero-order valence-corrected chi connectivity index (χ0v) is 31.1. The van der Waals surface area contributed by atoms with Crippen LogP contribution in [0.1, 0.15) is 73.8 Å². The van der Waals surface area contributed by atoms with E-state index in [4.69, 9.17) is 20.2 Å². The van der Waals surface area contributed by atoms with E-state index in [9.17, 15) is 9.90 Å². The fourth-order valence-corrected chi connectivity index (χ4v) is 11.2. The van der Waals surface area contributed by atoms with E-state index in [1.54, 1.807) is 0 Å². The maximum absolute atomic E-state index is 15.5. The van der Waals surface area contributed by atoms with Crippen molar-refractivity contribution >= 4 is 28.3 Å². The van der Waals surface area contributed by atoms with E-state index < -0.39 is 23.2 Å². The van der Waals surface area contributed by atoms with E-state index >= 15 is 4.39 Å². The van der Waals surface area contributed by atoms with Crippen LogP contribution in [0.25, 0.3) is 28.1 Å². The smallest absolute Gasteiger partial charge is 0.308 e. The Bertz CT molecular complexity index is 2540. The van der Waals surface area contributed by atoms with Gasteiger partial charge in [0.2, 0.25) is 5.82 Å². The zero-order valence-electron chi connectivity index (χ0n) is 31.1. The lowest BCUT2D eigenvalue weighted by Crippen LogP contribution is -2.59. The Morgan fingerprint density at radius 1 is 0.893 bits per heavy atom. The van der Waals surface area contributed by atoms with Gasteiger partial charge < -0.3 is 10.4 Å². The summed E-state index contributed by atoms with van der Waals surface area (Å²) in [7, 11) is 0. The van der Waals surface area contributed by atoms with Crippen LogP contribution in [-0.4, -0.2) is 46.5 Å². The first kappa shape index (κ1) is 33.4. The van der Waals surface area contributed by atoms with Crippen LogP contribution in [-0.2, 0) is 10.3 Å². The molecule has 56 heavy (non-hydrogen) atoms. The Morgan fingerprint density at radius 3 is 2.16 bits per heavy atom. The van der Waals surface area contributed by atoms with E-state index in [1.165, 1.54) is 12.3 Å². The topological polar surface area (TPSA) is 110 Å². The first-order valence-electron chi connectivity index (χ1n) is 20.0. The summed E-state index contributed by atoms with van der Waals surface area (Å²) in [5.41, 5.74) is 4.48. The molecule has 0 saturated heterocycles. The van der Waals surface area contributed by atoms with Crippen LogP contribution in [0.15, 0.2) is 115 Å². The van der Waals surface area contributed by atoms with Crippen molar-refractivity contribution in [3.05, 3.63) is 144 Å². The van der Waals surface area contributed by atoms with Crippen molar-refractivity contribution in [2.75, 3.05) is 5.32 Å². The van der Waals surface area contributed by atoms with Gasteiger partial charge in [0.1, 0.15) is 22.6 Å². The summed E-state index contributed by atoms with van der Waals surface area (Å²) in [5.74, 6) is 0.722. The Hall–Kier alpha value is -5.90. The number of aromatic nitrogens is 6. The van der Waals surface area contributed by atoms with Crippen molar-refractivity contribution in [1.82, 2.24) is 29.4 Å². The van der Waals surface area contributed by atoms with E-state index in [2.05, 4.69) is 60.8 Å². The van der Waals surface area contributed by atoms with Crippen molar-refractivity contribution < 1.29 is 14.3 Å². The first-order valence-corrected chi connectivity index (χ1v) is 20.0. The number of hydrogen-bond acceptors (Lipinski definition) is 6. The van der Waals surface area contributed by atoms with Gasteiger partial charge in [-0.05, 0) is 96.6 Å². The molecule has 2 bridgehead atoms. The number of halogens is 1. The Balaban J connectivity index is 1.17.